The van der Waals surface area contributed by atoms with E-state index in [0.29, 0.717) is 22.8 Å². The molecule has 1 amide bonds. The highest BCUT2D eigenvalue weighted by molar-refractivity contribution is 7.16. The van der Waals surface area contributed by atoms with Crippen LogP contribution in [0, 0.1) is 6.92 Å². The van der Waals surface area contributed by atoms with Gasteiger partial charge in [-0.1, -0.05) is 29.5 Å². The highest BCUT2D eigenvalue weighted by Gasteiger charge is 2.07. The predicted molar refractivity (Wildman–Crippen MR) is 114 cm³/mol. The van der Waals surface area contributed by atoms with Gasteiger partial charge in [0, 0.05) is 12.6 Å². The number of allylic oxidation sites excluding steroid dienone is 1. The Bertz CT molecular complexity index is 1120. The number of hydrogen-bond acceptors (Lipinski definition) is 4. The van der Waals surface area contributed by atoms with Gasteiger partial charge in [-0.2, -0.15) is 4.99 Å². The second kappa shape index (κ2) is 8.71. The Morgan fingerprint density at radius 1 is 1.18 bits per heavy atom. The number of nitrogens with zero attached hydrogens (tertiary/aromatic N) is 2. The maximum Gasteiger partial charge on any atom is 0.272 e. The molecule has 6 heteroatoms. The van der Waals surface area contributed by atoms with E-state index in [1.54, 1.807) is 32.4 Å². The van der Waals surface area contributed by atoms with Crippen LogP contribution in [0.25, 0.3) is 16.3 Å². The molecule has 2 aromatic carbocycles. The van der Waals surface area contributed by atoms with Crippen LogP contribution in [0.3, 0.4) is 0 Å². The summed E-state index contributed by atoms with van der Waals surface area (Å²) in [5.41, 5.74) is 3.05. The molecule has 0 saturated heterocycles. The van der Waals surface area contributed by atoms with Gasteiger partial charge in [0.1, 0.15) is 0 Å². The first-order valence-electron chi connectivity index (χ1n) is 8.75. The van der Waals surface area contributed by atoms with Gasteiger partial charge in [0.2, 0.25) is 0 Å². The van der Waals surface area contributed by atoms with Gasteiger partial charge in [0.15, 0.2) is 16.3 Å². The lowest BCUT2D eigenvalue weighted by molar-refractivity contribution is -0.113. The van der Waals surface area contributed by atoms with Crippen molar-refractivity contribution < 1.29 is 14.3 Å². The minimum Gasteiger partial charge on any atom is -0.493 e. The van der Waals surface area contributed by atoms with Crippen LogP contribution in [0.15, 0.2) is 60.1 Å². The fourth-order valence-electron chi connectivity index (χ4n) is 2.83. The summed E-state index contributed by atoms with van der Waals surface area (Å²) in [4.78, 5) is 17.4. The van der Waals surface area contributed by atoms with Gasteiger partial charge in [-0.05, 0) is 48.4 Å². The van der Waals surface area contributed by atoms with Gasteiger partial charge in [-0.25, -0.2) is 0 Å². The number of thiazole rings is 1. The van der Waals surface area contributed by atoms with Crippen molar-refractivity contribution >= 4 is 33.5 Å². The molecule has 28 heavy (non-hydrogen) atoms. The van der Waals surface area contributed by atoms with Crippen molar-refractivity contribution in [1.82, 2.24) is 4.57 Å². The van der Waals surface area contributed by atoms with Gasteiger partial charge in [0.25, 0.3) is 5.91 Å². The standard InChI is InChI=1S/C22H22N2O3S/c1-5-12-24-17-9-6-15(2)13-20(17)28-22(24)23-21(25)11-8-16-7-10-18(26-3)19(14-16)27-4/h5-11,13-14H,1,12H2,2-4H3/b11-8-,23-22?. The normalized spacial score (nSPS) is 11.9. The summed E-state index contributed by atoms with van der Waals surface area (Å²) < 4.78 is 13.6. The average molecular weight is 394 g/mol. The molecule has 1 heterocycles. The van der Waals surface area contributed by atoms with Gasteiger partial charge in [-0.3, -0.25) is 4.79 Å². The van der Waals surface area contributed by atoms with Gasteiger partial charge in [0.05, 0.1) is 24.4 Å². The third-order valence-electron chi connectivity index (χ3n) is 4.18. The molecule has 144 valence electrons. The number of ether oxygens (including phenoxy) is 2. The summed E-state index contributed by atoms with van der Waals surface area (Å²) in [6.07, 6.45) is 4.97. The van der Waals surface area contributed by atoms with Gasteiger partial charge in [-0.15, -0.1) is 6.58 Å². The molecule has 0 bridgehead atoms. The van der Waals surface area contributed by atoms with Crippen molar-refractivity contribution in [3.63, 3.8) is 0 Å². The van der Waals surface area contributed by atoms with Crippen LogP contribution >= 0.6 is 11.3 Å². The van der Waals surface area contributed by atoms with Crippen LogP contribution in [0.4, 0.5) is 0 Å². The Morgan fingerprint density at radius 2 is 1.96 bits per heavy atom. The van der Waals surface area contributed by atoms with Crippen molar-refractivity contribution in [3.05, 3.63) is 71.1 Å². The van der Waals surface area contributed by atoms with Gasteiger partial charge < -0.3 is 14.0 Å². The molecule has 1 aromatic heterocycles. The zero-order valence-corrected chi connectivity index (χ0v) is 17.0. The summed E-state index contributed by atoms with van der Waals surface area (Å²) in [6.45, 7) is 6.45. The van der Waals surface area contributed by atoms with Crippen molar-refractivity contribution in [1.29, 1.82) is 0 Å². The SMILES string of the molecule is C=CCn1c(=NC(=O)/C=C\c2ccc(OC)c(OC)c2)sc2cc(C)ccc21. The zero-order chi connectivity index (χ0) is 20.1. The summed E-state index contributed by atoms with van der Waals surface area (Å²) in [5.74, 6) is 0.926. The third-order valence-corrected chi connectivity index (χ3v) is 5.22. The molecule has 0 aliphatic carbocycles. The largest absolute Gasteiger partial charge is 0.493 e. The molecular formula is C22H22N2O3S. The van der Waals surface area contributed by atoms with Crippen LogP contribution in [-0.2, 0) is 11.3 Å². The number of carbonyl (C=O) groups is 1. The molecule has 0 atom stereocenters. The van der Waals surface area contributed by atoms with Crippen LogP contribution < -0.4 is 14.3 Å². The molecule has 0 radical (unpaired) electrons. The predicted octanol–water partition coefficient (Wildman–Crippen LogP) is 4.36. The highest BCUT2D eigenvalue weighted by Crippen LogP contribution is 2.28. The lowest BCUT2D eigenvalue weighted by Gasteiger charge is -2.07. The number of hydrogen-bond donors (Lipinski definition) is 0. The average Bonchev–Trinajstić information content (AvgIpc) is 3.02. The second-order valence-electron chi connectivity index (χ2n) is 6.15. The Morgan fingerprint density at radius 3 is 2.68 bits per heavy atom. The second-order valence-corrected chi connectivity index (χ2v) is 7.16. The Labute approximate surface area is 167 Å². The molecule has 5 nitrogen and oxygen atoms in total. The van der Waals surface area contributed by atoms with Crippen molar-refractivity contribution in [3.8, 4) is 11.5 Å². The molecular weight excluding hydrogens is 372 g/mol. The van der Waals surface area contributed by atoms with E-state index >= 15 is 0 Å². The Balaban J connectivity index is 1.93. The first-order chi connectivity index (χ1) is 13.5. The lowest BCUT2D eigenvalue weighted by atomic mass is 10.2. The minimum atomic E-state index is -0.323. The van der Waals surface area contributed by atoms with Crippen molar-refractivity contribution in [2.24, 2.45) is 4.99 Å². The fraction of sp³-hybridized carbons (Fsp3) is 0.182. The summed E-state index contributed by atoms with van der Waals surface area (Å²) in [5, 5.41) is 0. The molecule has 0 fully saturated rings. The number of benzene rings is 2. The van der Waals surface area contributed by atoms with E-state index in [2.05, 4.69) is 23.7 Å². The first kappa shape index (κ1) is 19.6. The van der Waals surface area contributed by atoms with E-state index < -0.39 is 0 Å². The number of amides is 1. The van der Waals surface area contributed by atoms with E-state index in [4.69, 9.17) is 9.47 Å². The molecule has 0 saturated carbocycles. The number of fused-ring (bicyclic) bond motifs is 1. The molecule has 3 aromatic rings. The Kier molecular flexibility index (Phi) is 6.11. The van der Waals surface area contributed by atoms with Crippen molar-refractivity contribution in [2.75, 3.05) is 14.2 Å². The summed E-state index contributed by atoms with van der Waals surface area (Å²) in [6, 6.07) is 11.7. The fourth-order valence-corrected chi connectivity index (χ4v) is 3.97. The van der Waals surface area contributed by atoms with Crippen LogP contribution in [0.1, 0.15) is 11.1 Å². The number of aryl methyl sites for hydroxylation is 1. The summed E-state index contributed by atoms with van der Waals surface area (Å²) in [7, 11) is 3.16. The minimum absolute atomic E-state index is 0.323. The lowest BCUT2D eigenvalue weighted by Crippen LogP contribution is -2.15. The number of methoxy groups -OCH3 is 2. The molecule has 0 spiro atoms. The maximum atomic E-state index is 12.4. The molecule has 0 unspecified atom stereocenters. The van der Waals surface area contributed by atoms with E-state index in [1.807, 2.05) is 29.7 Å². The van der Waals surface area contributed by atoms with Crippen LogP contribution in [0.5, 0.6) is 11.5 Å². The number of aromatic nitrogens is 1. The van der Waals surface area contributed by atoms with E-state index in [0.717, 1.165) is 15.8 Å². The smallest absolute Gasteiger partial charge is 0.272 e. The molecule has 0 N–H and O–H groups in total. The van der Waals surface area contributed by atoms with Crippen LogP contribution in [-0.4, -0.2) is 24.7 Å². The number of rotatable bonds is 6. The van der Waals surface area contributed by atoms with E-state index in [1.165, 1.54) is 23.0 Å². The third kappa shape index (κ3) is 4.23. The molecule has 3 rings (SSSR count). The Hall–Kier alpha value is -3.12. The monoisotopic (exact) mass is 394 g/mol. The first-order valence-corrected chi connectivity index (χ1v) is 9.57. The van der Waals surface area contributed by atoms with Crippen molar-refractivity contribution in [2.45, 2.75) is 13.5 Å². The maximum absolute atomic E-state index is 12.4. The van der Waals surface area contributed by atoms with E-state index in [-0.39, 0.29) is 5.91 Å². The zero-order valence-electron chi connectivity index (χ0n) is 16.1. The molecule has 0 aliphatic rings. The number of carbonyl (C=O) groups excluding carboxylic acids is 1. The van der Waals surface area contributed by atoms with Crippen LogP contribution in [0.2, 0.25) is 0 Å². The quantitative estimate of drug-likeness (QED) is 0.461. The van der Waals surface area contributed by atoms with E-state index in [9.17, 15) is 4.79 Å². The van der Waals surface area contributed by atoms with Gasteiger partial charge >= 0.3 is 0 Å². The summed E-state index contributed by atoms with van der Waals surface area (Å²) >= 11 is 1.50. The topological polar surface area (TPSA) is 52.8 Å². The highest BCUT2D eigenvalue weighted by atomic mass is 32.1. The molecule has 0 aliphatic heterocycles.